The van der Waals surface area contributed by atoms with Crippen LogP contribution in [0, 0.1) is 5.92 Å². The van der Waals surface area contributed by atoms with E-state index in [-0.39, 0.29) is 17.7 Å². The van der Waals surface area contributed by atoms with Gasteiger partial charge in [0.1, 0.15) is 6.26 Å². The van der Waals surface area contributed by atoms with E-state index in [2.05, 4.69) is 14.8 Å². The fourth-order valence-corrected chi connectivity index (χ4v) is 5.15. The SMILES string of the molecule is CCN(CC)C(=O)C1CCCN(C(=O)c2coc(CN3CCN(CC(O)c4ccccc4)CC3)n2)C1. The van der Waals surface area contributed by atoms with Crippen LogP contribution < -0.4 is 0 Å². The van der Waals surface area contributed by atoms with Gasteiger partial charge < -0.3 is 19.3 Å². The van der Waals surface area contributed by atoms with Crippen LogP contribution in [0.25, 0.3) is 0 Å². The third-order valence-electron chi connectivity index (χ3n) is 7.34. The number of rotatable bonds is 9. The number of piperidine rings is 1. The predicted molar refractivity (Wildman–Crippen MR) is 136 cm³/mol. The van der Waals surface area contributed by atoms with E-state index >= 15 is 0 Å². The molecule has 0 bridgehead atoms. The van der Waals surface area contributed by atoms with Crippen LogP contribution >= 0.6 is 0 Å². The van der Waals surface area contributed by atoms with E-state index in [0.29, 0.717) is 50.9 Å². The molecule has 2 unspecified atom stereocenters. The Hall–Kier alpha value is -2.75. The molecular formula is C27H39N5O4. The molecule has 0 spiro atoms. The summed E-state index contributed by atoms with van der Waals surface area (Å²) in [5.41, 5.74) is 1.25. The summed E-state index contributed by atoms with van der Waals surface area (Å²) in [6.45, 7) is 11.0. The number of β-amino-alcohol motifs (C(OH)–C–C–N with tert-alkyl or cyclic N) is 1. The van der Waals surface area contributed by atoms with Crippen LogP contribution in [0.5, 0.6) is 0 Å². The lowest BCUT2D eigenvalue weighted by Crippen LogP contribution is -2.47. The van der Waals surface area contributed by atoms with Gasteiger partial charge in [-0.15, -0.1) is 0 Å². The molecule has 4 rings (SSSR count). The molecule has 2 atom stereocenters. The molecule has 3 heterocycles. The topological polar surface area (TPSA) is 93.4 Å². The third kappa shape index (κ3) is 6.52. The van der Waals surface area contributed by atoms with E-state index in [1.54, 1.807) is 4.90 Å². The Kier molecular flexibility index (Phi) is 9.12. The summed E-state index contributed by atoms with van der Waals surface area (Å²) >= 11 is 0. The molecule has 0 radical (unpaired) electrons. The highest BCUT2D eigenvalue weighted by atomic mass is 16.3. The Morgan fingerprint density at radius 2 is 1.78 bits per heavy atom. The zero-order chi connectivity index (χ0) is 25.5. The molecule has 0 aliphatic carbocycles. The van der Waals surface area contributed by atoms with E-state index in [1.165, 1.54) is 6.26 Å². The number of nitrogens with zero attached hydrogens (tertiary/aromatic N) is 5. The standard InChI is InChI=1S/C27H39N5O4/c1-3-31(4-2)26(34)22-11-8-12-32(17-22)27(35)23-20-36-25(28-23)19-30-15-13-29(14-16-30)18-24(33)21-9-6-5-7-10-21/h5-7,9-10,20,22,24,33H,3-4,8,11-19H2,1-2H3. The number of aliphatic hydroxyl groups excluding tert-OH is 1. The number of benzene rings is 1. The van der Waals surface area contributed by atoms with Crippen LogP contribution in [0.1, 0.15) is 54.7 Å². The minimum absolute atomic E-state index is 0.133. The van der Waals surface area contributed by atoms with Crippen LogP contribution in [0.15, 0.2) is 41.0 Å². The lowest BCUT2D eigenvalue weighted by molar-refractivity contribution is -0.136. The molecule has 36 heavy (non-hydrogen) atoms. The lowest BCUT2D eigenvalue weighted by atomic mass is 9.96. The molecule has 2 saturated heterocycles. The van der Waals surface area contributed by atoms with E-state index < -0.39 is 6.10 Å². The second kappa shape index (κ2) is 12.5. The summed E-state index contributed by atoms with van der Waals surface area (Å²) < 4.78 is 5.65. The minimum atomic E-state index is -0.491. The van der Waals surface area contributed by atoms with Crippen molar-refractivity contribution in [3.8, 4) is 0 Å². The molecule has 0 saturated carbocycles. The number of aliphatic hydroxyl groups is 1. The van der Waals surface area contributed by atoms with Gasteiger partial charge >= 0.3 is 0 Å². The summed E-state index contributed by atoms with van der Waals surface area (Å²) in [5, 5.41) is 10.5. The molecule has 2 aliphatic heterocycles. The highest BCUT2D eigenvalue weighted by molar-refractivity contribution is 5.92. The van der Waals surface area contributed by atoms with Crippen molar-refractivity contribution >= 4 is 11.8 Å². The van der Waals surface area contributed by atoms with Crippen molar-refractivity contribution < 1.29 is 19.1 Å². The van der Waals surface area contributed by atoms with Crippen molar-refractivity contribution in [2.45, 2.75) is 39.3 Å². The molecule has 2 aromatic rings. The van der Waals surface area contributed by atoms with Crippen molar-refractivity contribution in [3.63, 3.8) is 0 Å². The van der Waals surface area contributed by atoms with Crippen molar-refractivity contribution in [3.05, 3.63) is 53.7 Å². The van der Waals surface area contributed by atoms with Gasteiger partial charge in [0.15, 0.2) is 5.69 Å². The Bertz CT molecular complexity index is 985. The van der Waals surface area contributed by atoms with Crippen LogP contribution in [-0.2, 0) is 11.3 Å². The third-order valence-corrected chi connectivity index (χ3v) is 7.34. The first-order valence-electron chi connectivity index (χ1n) is 13.2. The van der Waals surface area contributed by atoms with Crippen molar-refractivity contribution in [2.75, 3.05) is 58.9 Å². The Labute approximate surface area is 213 Å². The lowest BCUT2D eigenvalue weighted by Gasteiger charge is -2.35. The summed E-state index contributed by atoms with van der Waals surface area (Å²) in [6.07, 6.45) is 2.59. The molecule has 2 amide bonds. The maximum atomic E-state index is 13.1. The van der Waals surface area contributed by atoms with Gasteiger partial charge in [-0.25, -0.2) is 4.98 Å². The van der Waals surface area contributed by atoms with E-state index in [1.807, 2.05) is 49.1 Å². The van der Waals surface area contributed by atoms with Crippen LogP contribution in [0.4, 0.5) is 0 Å². The number of hydrogen-bond acceptors (Lipinski definition) is 7. The summed E-state index contributed by atoms with van der Waals surface area (Å²) in [7, 11) is 0. The maximum absolute atomic E-state index is 13.1. The summed E-state index contributed by atoms with van der Waals surface area (Å²) in [6, 6.07) is 9.75. The largest absolute Gasteiger partial charge is 0.447 e. The molecule has 9 heteroatoms. The smallest absolute Gasteiger partial charge is 0.275 e. The summed E-state index contributed by atoms with van der Waals surface area (Å²) in [4.78, 5) is 38.4. The first-order chi connectivity index (χ1) is 17.5. The number of carbonyl (C=O) groups excluding carboxylic acids is 2. The van der Waals surface area contributed by atoms with Crippen molar-refractivity contribution in [1.29, 1.82) is 0 Å². The second-order valence-electron chi connectivity index (χ2n) is 9.73. The highest BCUT2D eigenvalue weighted by Gasteiger charge is 2.32. The average Bonchev–Trinajstić information content (AvgIpc) is 3.39. The summed E-state index contributed by atoms with van der Waals surface area (Å²) in [5.74, 6) is 0.352. The minimum Gasteiger partial charge on any atom is -0.447 e. The second-order valence-corrected chi connectivity index (χ2v) is 9.73. The zero-order valence-electron chi connectivity index (χ0n) is 21.5. The number of piperazine rings is 1. The van der Waals surface area contributed by atoms with Gasteiger partial charge in [-0.1, -0.05) is 30.3 Å². The Morgan fingerprint density at radius 1 is 1.08 bits per heavy atom. The fourth-order valence-electron chi connectivity index (χ4n) is 5.15. The average molecular weight is 498 g/mol. The van der Waals surface area contributed by atoms with Crippen LogP contribution in [0.2, 0.25) is 0 Å². The molecule has 196 valence electrons. The predicted octanol–water partition coefficient (Wildman–Crippen LogP) is 2.25. The first kappa shape index (κ1) is 26.3. The number of oxazole rings is 1. The van der Waals surface area contributed by atoms with Crippen LogP contribution in [-0.4, -0.2) is 100 Å². The Balaban J connectivity index is 1.25. The molecular weight excluding hydrogens is 458 g/mol. The molecule has 1 aromatic heterocycles. The number of hydrogen-bond donors (Lipinski definition) is 1. The molecule has 2 aliphatic rings. The number of carbonyl (C=O) groups is 2. The van der Waals surface area contributed by atoms with Gasteiger partial charge in [-0.2, -0.15) is 0 Å². The van der Waals surface area contributed by atoms with Gasteiger partial charge in [0.05, 0.1) is 18.6 Å². The number of likely N-dealkylation sites (tertiary alicyclic amines) is 1. The van der Waals surface area contributed by atoms with Crippen molar-refractivity contribution in [2.24, 2.45) is 5.92 Å². The van der Waals surface area contributed by atoms with E-state index in [9.17, 15) is 14.7 Å². The van der Waals surface area contributed by atoms with Gasteiger partial charge in [0.25, 0.3) is 5.91 Å². The maximum Gasteiger partial charge on any atom is 0.275 e. The number of aromatic nitrogens is 1. The van der Waals surface area contributed by atoms with Gasteiger partial charge in [0.2, 0.25) is 11.8 Å². The Morgan fingerprint density at radius 3 is 2.47 bits per heavy atom. The van der Waals surface area contributed by atoms with Gasteiger partial charge in [-0.3, -0.25) is 19.4 Å². The first-order valence-corrected chi connectivity index (χ1v) is 13.2. The van der Waals surface area contributed by atoms with Crippen molar-refractivity contribution in [1.82, 2.24) is 24.6 Å². The molecule has 9 nitrogen and oxygen atoms in total. The van der Waals surface area contributed by atoms with E-state index in [4.69, 9.17) is 4.42 Å². The van der Waals surface area contributed by atoms with Gasteiger partial charge in [-0.05, 0) is 32.3 Å². The quantitative estimate of drug-likeness (QED) is 0.568. The molecule has 1 aromatic carbocycles. The van der Waals surface area contributed by atoms with Gasteiger partial charge in [0, 0.05) is 58.9 Å². The van der Waals surface area contributed by atoms with E-state index in [0.717, 1.165) is 44.6 Å². The zero-order valence-corrected chi connectivity index (χ0v) is 21.5. The highest BCUT2D eigenvalue weighted by Crippen LogP contribution is 2.21. The van der Waals surface area contributed by atoms with Crippen LogP contribution in [0.3, 0.4) is 0 Å². The number of amides is 2. The monoisotopic (exact) mass is 497 g/mol. The normalized spacial score (nSPS) is 20.3. The molecule has 1 N–H and O–H groups in total. The molecule has 2 fully saturated rings. The fraction of sp³-hybridized carbons (Fsp3) is 0.593.